The van der Waals surface area contributed by atoms with Gasteiger partial charge in [0.25, 0.3) is 0 Å². The molecule has 1 aromatic carbocycles. The number of halogens is 2. The maximum absolute atomic E-state index is 13.0. The van der Waals surface area contributed by atoms with Crippen LogP contribution in [0.5, 0.6) is 11.6 Å². The lowest BCUT2D eigenvalue weighted by Crippen LogP contribution is -2.03. The predicted octanol–water partition coefficient (Wildman–Crippen LogP) is 4.61. The van der Waals surface area contributed by atoms with Crippen LogP contribution in [-0.4, -0.2) is 16.7 Å². The van der Waals surface area contributed by atoms with Gasteiger partial charge in [-0.2, -0.15) is 0 Å². The lowest BCUT2D eigenvalue weighted by molar-refractivity contribution is 0.133. The molecule has 2 aromatic heterocycles. The molecule has 0 saturated carbocycles. The van der Waals surface area contributed by atoms with Gasteiger partial charge in [0.2, 0.25) is 5.88 Å². The summed E-state index contributed by atoms with van der Waals surface area (Å²) in [4.78, 5) is 4.33. The van der Waals surface area contributed by atoms with E-state index in [9.17, 15) is 4.39 Å². The molecule has 122 valence electrons. The van der Waals surface area contributed by atoms with E-state index in [0.29, 0.717) is 18.4 Å². The maximum Gasteiger partial charge on any atom is 0.244 e. The fourth-order valence-corrected chi connectivity index (χ4v) is 2.54. The molecule has 0 aliphatic heterocycles. The number of aromatic nitrogens is 2. The van der Waals surface area contributed by atoms with E-state index in [1.807, 2.05) is 17.6 Å². The third kappa shape index (κ3) is 3.16. The second-order valence-electron chi connectivity index (χ2n) is 5.12. The van der Waals surface area contributed by atoms with E-state index in [0.717, 1.165) is 16.6 Å². The van der Waals surface area contributed by atoms with Crippen LogP contribution in [0.4, 0.5) is 4.39 Å². The van der Waals surface area contributed by atoms with Gasteiger partial charge in [-0.05, 0) is 49.7 Å². The van der Waals surface area contributed by atoms with Crippen LogP contribution in [0.1, 0.15) is 11.3 Å². The summed E-state index contributed by atoms with van der Waals surface area (Å²) in [7, 11) is 1.65. The smallest absolute Gasteiger partial charge is 0.244 e. The fourth-order valence-electron chi connectivity index (χ4n) is 2.54. The molecule has 23 heavy (non-hydrogen) atoms. The van der Waals surface area contributed by atoms with Crippen molar-refractivity contribution in [2.24, 2.45) is 0 Å². The van der Waals surface area contributed by atoms with Crippen LogP contribution in [0.15, 0.2) is 36.5 Å². The van der Waals surface area contributed by atoms with Crippen molar-refractivity contribution in [1.82, 2.24) is 9.55 Å². The summed E-state index contributed by atoms with van der Waals surface area (Å²) in [6.07, 6.45) is 1.71. The largest absolute Gasteiger partial charge is 0.437 e. The maximum atomic E-state index is 13.0. The Balaban J connectivity index is 0.00000192. The third-order valence-corrected chi connectivity index (χ3v) is 3.80. The standard InChI is InChI=1S/C17H17FN2O2.ClH/c1-11-12(2)20(10-21-3)16-15(11)8-9-19-17(16)22-14-6-4-13(18)5-7-14;/h4-9H,10H2,1-3H3;1H. The first kappa shape index (κ1) is 17.2. The molecule has 0 bridgehead atoms. The van der Waals surface area contributed by atoms with Crippen molar-refractivity contribution in [3.8, 4) is 11.6 Å². The molecule has 0 radical (unpaired) electrons. The van der Waals surface area contributed by atoms with Crippen molar-refractivity contribution in [3.05, 3.63) is 53.6 Å². The lowest BCUT2D eigenvalue weighted by Gasteiger charge is -2.10. The Morgan fingerprint density at radius 2 is 1.83 bits per heavy atom. The molecule has 0 fully saturated rings. The molecule has 0 N–H and O–H groups in total. The summed E-state index contributed by atoms with van der Waals surface area (Å²) in [6.45, 7) is 4.52. The van der Waals surface area contributed by atoms with Crippen molar-refractivity contribution in [2.45, 2.75) is 20.6 Å². The van der Waals surface area contributed by atoms with Gasteiger partial charge in [0.1, 0.15) is 23.8 Å². The van der Waals surface area contributed by atoms with Crippen LogP contribution in [-0.2, 0) is 11.5 Å². The monoisotopic (exact) mass is 336 g/mol. The zero-order valence-electron chi connectivity index (χ0n) is 13.2. The minimum absolute atomic E-state index is 0. The highest BCUT2D eigenvalue weighted by Gasteiger charge is 2.16. The van der Waals surface area contributed by atoms with Gasteiger partial charge in [0, 0.05) is 24.4 Å². The number of rotatable bonds is 4. The highest BCUT2D eigenvalue weighted by molar-refractivity contribution is 5.89. The molecule has 0 unspecified atom stereocenters. The first-order valence-corrected chi connectivity index (χ1v) is 6.98. The number of nitrogens with zero attached hydrogens (tertiary/aromatic N) is 2. The Bertz CT molecular complexity index is 816. The number of hydrogen-bond donors (Lipinski definition) is 0. The van der Waals surface area contributed by atoms with Crippen LogP contribution >= 0.6 is 12.4 Å². The number of pyridine rings is 1. The Labute approximate surface area is 140 Å². The van der Waals surface area contributed by atoms with E-state index in [1.54, 1.807) is 25.4 Å². The van der Waals surface area contributed by atoms with Gasteiger partial charge in [0.15, 0.2) is 0 Å². The lowest BCUT2D eigenvalue weighted by atomic mass is 10.2. The summed E-state index contributed by atoms with van der Waals surface area (Å²) < 4.78 is 26.2. The summed E-state index contributed by atoms with van der Waals surface area (Å²) in [6, 6.07) is 7.85. The molecule has 0 aliphatic carbocycles. The minimum Gasteiger partial charge on any atom is -0.437 e. The van der Waals surface area contributed by atoms with Crippen molar-refractivity contribution in [2.75, 3.05) is 7.11 Å². The second-order valence-corrected chi connectivity index (χ2v) is 5.12. The SMILES string of the molecule is COCn1c(C)c(C)c2ccnc(Oc3ccc(F)cc3)c21.Cl. The Morgan fingerprint density at radius 3 is 2.48 bits per heavy atom. The van der Waals surface area contributed by atoms with E-state index >= 15 is 0 Å². The number of ether oxygens (including phenoxy) is 2. The first-order chi connectivity index (χ1) is 10.6. The van der Waals surface area contributed by atoms with Gasteiger partial charge in [-0.1, -0.05) is 0 Å². The molecule has 0 saturated heterocycles. The van der Waals surface area contributed by atoms with Gasteiger partial charge in [-0.25, -0.2) is 9.37 Å². The normalized spacial score (nSPS) is 10.6. The predicted molar refractivity (Wildman–Crippen MR) is 89.9 cm³/mol. The second kappa shape index (κ2) is 6.98. The van der Waals surface area contributed by atoms with E-state index in [2.05, 4.69) is 11.9 Å². The van der Waals surface area contributed by atoms with Gasteiger partial charge >= 0.3 is 0 Å². The molecule has 4 nitrogen and oxygen atoms in total. The molecular formula is C17H18ClFN2O2. The van der Waals surface area contributed by atoms with Gasteiger partial charge in [-0.3, -0.25) is 0 Å². The van der Waals surface area contributed by atoms with Gasteiger partial charge < -0.3 is 14.0 Å². The van der Waals surface area contributed by atoms with Crippen molar-refractivity contribution < 1.29 is 13.9 Å². The quantitative estimate of drug-likeness (QED) is 0.698. The average Bonchev–Trinajstić information content (AvgIpc) is 2.76. The zero-order chi connectivity index (χ0) is 15.7. The number of hydrogen-bond acceptors (Lipinski definition) is 3. The topological polar surface area (TPSA) is 36.3 Å². The van der Waals surface area contributed by atoms with Crippen LogP contribution < -0.4 is 4.74 Å². The highest BCUT2D eigenvalue weighted by Crippen LogP contribution is 2.33. The molecular weight excluding hydrogens is 319 g/mol. The molecule has 2 heterocycles. The van der Waals surface area contributed by atoms with Gasteiger partial charge in [-0.15, -0.1) is 12.4 Å². The zero-order valence-corrected chi connectivity index (χ0v) is 14.0. The number of methoxy groups -OCH3 is 1. The van der Waals surface area contributed by atoms with Crippen molar-refractivity contribution in [3.63, 3.8) is 0 Å². The van der Waals surface area contributed by atoms with Crippen LogP contribution in [0.3, 0.4) is 0 Å². The molecule has 0 aliphatic rings. The third-order valence-electron chi connectivity index (χ3n) is 3.80. The van der Waals surface area contributed by atoms with Crippen LogP contribution in [0.25, 0.3) is 10.9 Å². The molecule has 6 heteroatoms. The number of benzene rings is 1. The highest BCUT2D eigenvalue weighted by atomic mass is 35.5. The molecule has 0 atom stereocenters. The Morgan fingerprint density at radius 1 is 1.13 bits per heavy atom. The molecule has 0 amide bonds. The Kier molecular flexibility index (Phi) is 5.23. The van der Waals surface area contributed by atoms with E-state index in [1.165, 1.54) is 17.7 Å². The Hall–Kier alpha value is -2.11. The number of fused-ring (bicyclic) bond motifs is 1. The average molecular weight is 337 g/mol. The van der Waals surface area contributed by atoms with E-state index in [4.69, 9.17) is 9.47 Å². The van der Waals surface area contributed by atoms with Crippen molar-refractivity contribution >= 4 is 23.3 Å². The van der Waals surface area contributed by atoms with Gasteiger partial charge in [0.05, 0.1) is 0 Å². The molecule has 0 spiro atoms. The number of aryl methyl sites for hydroxylation is 1. The summed E-state index contributed by atoms with van der Waals surface area (Å²) >= 11 is 0. The molecule has 3 rings (SSSR count). The van der Waals surface area contributed by atoms with E-state index in [-0.39, 0.29) is 18.2 Å². The van der Waals surface area contributed by atoms with Crippen molar-refractivity contribution in [1.29, 1.82) is 0 Å². The summed E-state index contributed by atoms with van der Waals surface area (Å²) in [5.41, 5.74) is 3.15. The van der Waals surface area contributed by atoms with Crippen LogP contribution in [0.2, 0.25) is 0 Å². The summed E-state index contributed by atoms with van der Waals surface area (Å²) in [5, 5.41) is 1.07. The van der Waals surface area contributed by atoms with E-state index < -0.39 is 0 Å². The first-order valence-electron chi connectivity index (χ1n) is 6.98. The fraction of sp³-hybridized carbons (Fsp3) is 0.235. The van der Waals surface area contributed by atoms with Crippen LogP contribution in [0, 0.1) is 19.7 Å². The minimum atomic E-state index is -0.298. The summed E-state index contributed by atoms with van der Waals surface area (Å²) in [5.74, 6) is 0.729. The molecule has 3 aromatic rings.